The summed E-state index contributed by atoms with van der Waals surface area (Å²) < 4.78 is 1.17. The molecule has 0 fully saturated rings. The molecule has 0 saturated heterocycles. The van der Waals surface area contributed by atoms with Crippen LogP contribution in [0.4, 0.5) is 0 Å². The van der Waals surface area contributed by atoms with E-state index in [4.69, 9.17) is 0 Å². The molecule has 3 heteroatoms. The van der Waals surface area contributed by atoms with Crippen LogP contribution in [0.15, 0.2) is 64.0 Å². The Hall–Kier alpha value is -0.770. The van der Waals surface area contributed by atoms with Crippen LogP contribution in [0.1, 0.15) is 31.9 Å². The Morgan fingerprint density at radius 3 is 2.38 bits per heavy atom. The van der Waals surface area contributed by atoms with E-state index in [0.717, 1.165) is 13.0 Å². The molecule has 112 valence electrons. The highest BCUT2D eigenvalue weighted by atomic mass is 79.9. The third kappa shape index (κ3) is 4.87. The second-order valence-electron chi connectivity index (χ2n) is 5.10. The second kappa shape index (κ2) is 8.62. The van der Waals surface area contributed by atoms with Crippen molar-refractivity contribution in [1.29, 1.82) is 0 Å². The first kappa shape index (κ1) is 16.6. The number of rotatable bonds is 7. The van der Waals surface area contributed by atoms with Crippen LogP contribution < -0.4 is 5.32 Å². The van der Waals surface area contributed by atoms with E-state index in [-0.39, 0.29) is 0 Å². The molecule has 0 aromatic heterocycles. The summed E-state index contributed by atoms with van der Waals surface area (Å²) in [5, 5.41) is 4.15. The van der Waals surface area contributed by atoms with Crippen molar-refractivity contribution < 1.29 is 0 Å². The number of hydrogen-bond acceptors (Lipinski definition) is 2. The molecule has 0 bridgehead atoms. The molecule has 0 heterocycles. The fraction of sp³-hybridized carbons (Fsp3) is 0.333. The fourth-order valence-electron chi connectivity index (χ4n) is 2.32. The molecule has 1 nitrogen and oxygen atoms in total. The minimum atomic E-state index is 0.364. The smallest absolute Gasteiger partial charge is 0.0441 e. The monoisotopic (exact) mass is 363 g/mol. The molecule has 2 aromatic rings. The lowest BCUT2D eigenvalue weighted by Crippen LogP contribution is -2.29. The van der Waals surface area contributed by atoms with E-state index in [1.54, 1.807) is 0 Å². The van der Waals surface area contributed by atoms with E-state index < -0.39 is 0 Å². The van der Waals surface area contributed by atoms with E-state index in [1.165, 1.54) is 14.9 Å². The average Bonchev–Trinajstić information content (AvgIpc) is 2.51. The average molecular weight is 364 g/mol. The van der Waals surface area contributed by atoms with Crippen molar-refractivity contribution in [2.45, 2.75) is 36.5 Å². The Balaban J connectivity index is 2.14. The maximum absolute atomic E-state index is 3.69. The van der Waals surface area contributed by atoms with Gasteiger partial charge in [-0.25, -0.2) is 0 Å². The SMILES string of the molecule is CCCNC(c1ccccc1)C(C)Sc1ccccc1Br. The first-order valence-corrected chi connectivity index (χ1v) is 9.09. The van der Waals surface area contributed by atoms with Crippen LogP contribution in [-0.2, 0) is 0 Å². The summed E-state index contributed by atoms with van der Waals surface area (Å²) in [5.41, 5.74) is 1.36. The first-order valence-electron chi connectivity index (χ1n) is 7.42. The van der Waals surface area contributed by atoms with E-state index in [9.17, 15) is 0 Å². The maximum Gasteiger partial charge on any atom is 0.0441 e. The highest BCUT2D eigenvalue weighted by Gasteiger charge is 2.20. The van der Waals surface area contributed by atoms with Gasteiger partial charge in [-0.05, 0) is 46.6 Å². The maximum atomic E-state index is 3.69. The van der Waals surface area contributed by atoms with Crippen molar-refractivity contribution >= 4 is 27.7 Å². The number of benzene rings is 2. The molecule has 2 rings (SSSR count). The van der Waals surface area contributed by atoms with Gasteiger partial charge in [0.15, 0.2) is 0 Å². The lowest BCUT2D eigenvalue weighted by atomic mass is 10.0. The molecule has 0 aliphatic heterocycles. The van der Waals surface area contributed by atoms with E-state index in [1.807, 2.05) is 11.8 Å². The zero-order valence-electron chi connectivity index (χ0n) is 12.6. The largest absolute Gasteiger partial charge is 0.309 e. The van der Waals surface area contributed by atoms with Crippen molar-refractivity contribution in [3.05, 3.63) is 64.6 Å². The van der Waals surface area contributed by atoms with Crippen LogP contribution in [0.5, 0.6) is 0 Å². The summed E-state index contributed by atoms with van der Waals surface area (Å²) in [6.07, 6.45) is 1.15. The third-order valence-electron chi connectivity index (χ3n) is 3.39. The summed E-state index contributed by atoms with van der Waals surface area (Å²) in [6.45, 7) is 5.55. The van der Waals surface area contributed by atoms with Gasteiger partial charge in [0.05, 0.1) is 0 Å². The number of thioether (sulfide) groups is 1. The molecule has 0 saturated carbocycles. The standard InChI is InChI=1S/C18H22BrNS/c1-3-13-20-18(15-9-5-4-6-10-15)14(2)21-17-12-8-7-11-16(17)19/h4-12,14,18,20H,3,13H2,1-2H3. The van der Waals surface area contributed by atoms with E-state index in [2.05, 4.69) is 89.7 Å². The van der Waals surface area contributed by atoms with E-state index >= 15 is 0 Å². The van der Waals surface area contributed by atoms with Gasteiger partial charge in [0, 0.05) is 20.7 Å². The fourth-order valence-corrected chi connectivity index (χ4v) is 4.02. The molecule has 21 heavy (non-hydrogen) atoms. The zero-order chi connectivity index (χ0) is 15.1. The molecule has 2 atom stereocenters. The summed E-state index contributed by atoms with van der Waals surface area (Å²) >= 11 is 5.56. The van der Waals surface area contributed by atoms with Crippen LogP contribution >= 0.6 is 27.7 Å². The summed E-state index contributed by atoms with van der Waals surface area (Å²) in [7, 11) is 0. The molecule has 0 spiro atoms. The molecular weight excluding hydrogens is 342 g/mol. The van der Waals surface area contributed by atoms with Crippen LogP contribution in [-0.4, -0.2) is 11.8 Å². The Kier molecular flexibility index (Phi) is 6.81. The molecule has 1 N–H and O–H groups in total. The molecule has 0 amide bonds. The van der Waals surface area contributed by atoms with Crippen molar-refractivity contribution in [3.8, 4) is 0 Å². The van der Waals surface area contributed by atoms with Crippen LogP contribution in [0.25, 0.3) is 0 Å². The van der Waals surface area contributed by atoms with Gasteiger partial charge >= 0.3 is 0 Å². The minimum absolute atomic E-state index is 0.364. The summed E-state index contributed by atoms with van der Waals surface area (Å²) in [4.78, 5) is 1.30. The van der Waals surface area contributed by atoms with Crippen molar-refractivity contribution in [3.63, 3.8) is 0 Å². The van der Waals surface area contributed by atoms with Crippen LogP contribution in [0, 0.1) is 0 Å². The Labute approximate surface area is 140 Å². The molecule has 2 unspecified atom stereocenters. The molecule has 0 aliphatic rings. The lowest BCUT2D eigenvalue weighted by Gasteiger charge is -2.25. The minimum Gasteiger partial charge on any atom is -0.309 e. The predicted octanol–water partition coefficient (Wildman–Crippen LogP) is 5.67. The van der Waals surface area contributed by atoms with Gasteiger partial charge in [-0.1, -0.05) is 56.3 Å². The topological polar surface area (TPSA) is 12.0 Å². The van der Waals surface area contributed by atoms with Gasteiger partial charge < -0.3 is 5.32 Å². The van der Waals surface area contributed by atoms with E-state index in [0.29, 0.717) is 11.3 Å². The number of hydrogen-bond donors (Lipinski definition) is 1. The quantitative estimate of drug-likeness (QED) is 0.635. The van der Waals surface area contributed by atoms with Gasteiger partial charge in [-0.15, -0.1) is 11.8 Å². The number of halogens is 1. The lowest BCUT2D eigenvalue weighted by molar-refractivity contribution is 0.528. The van der Waals surface area contributed by atoms with Crippen LogP contribution in [0.2, 0.25) is 0 Å². The van der Waals surface area contributed by atoms with Gasteiger partial charge in [-0.3, -0.25) is 0 Å². The molecule has 0 aliphatic carbocycles. The first-order chi connectivity index (χ1) is 10.2. The molecular formula is C18H22BrNS. The summed E-state index contributed by atoms with van der Waals surface area (Å²) in [6, 6.07) is 19.5. The van der Waals surface area contributed by atoms with Gasteiger partial charge in [0.25, 0.3) is 0 Å². The van der Waals surface area contributed by atoms with Gasteiger partial charge in [0.2, 0.25) is 0 Å². The molecule has 2 aromatic carbocycles. The predicted molar refractivity (Wildman–Crippen MR) is 96.9 cm³/mol. The Morgan fingerprint density at radius 2 is 1.71 bits per heavy atom. The van der Waals surface area contributed by atoms with Crippen molar-refractivity contribution in [1.82, 2.24) is 5.32 Å². The Bertz CT molecular complexity index is 544. The zero-order valence-corrected chi connectivity index (χ0v) is 15.0. The number of nitrogens with one attached hydrogen (secondary N) is 1. The van der Waals surface area contributed by atoms with Crippen molar-refractivity contribution in [2.75, 3.05) is 6.54 Å². The molecule has 0 radical (unpaired) electrons. The van der Waals surface area contributed by atoms with Gasteiger partial charge in [0.1, 0.15) is 0 Å². The highest BCUT2D eigenvalue weighted by Crippen LogP contribution is 2.35. The normalized spacial score (nSPS) is 13.9. The Morgan fingerprint density at radius 1 is 1.05 bits per heavy atom. The summed E-state index contributed by atoms with van der Waals surface area (Å²) in [5.74, 6) is 0. The van der Waals surface area contributed by atoms with Crippen LogP contribution in [0.3, 0.4) is 0 Å². The van der Waals surface area contributed by atoms with Crippen molar-refractivity contribution in [2.24, 2.45) is 0 Å². The van der Waals surface area contributed by atoms with Gasteiger partial charge in [-0.2, -0.15) is 0 Å². The highest BCUT2D eigenvalue weighted by molar-refractivity contribution is 9.10. The second-order valence-corrected chi connectivity index (χ2v) is 7.37. The third-order valence-corrected chi connectivity index (χ3v) is 5.60.